The van der Waals surface area contributed by atoms with Crippen molar-refractivity contribution in [2.24, 2.45) is 27.9 Å². The van der Waals surface area contributed by atoms with Crippen LogP contribution in [-0.4, -0.2) is 18.9 Å². The molecule has 0 fully saturated rings. The van der Waals surface area contributed by atoms with E-state index in [1.807, 2.05) is 0 Å². The molecule has 0 unspecified atom stereocenters. The predicted molar refractivity (Wildman–Crippen MR) is 78.9 cm³/mol. The number of hydrogen-bond donors (Lipinski definition) is 4. The molecule has 0 atom stereocenters. The van der Waals surface area contributed by atoms with Gasteiger partial charge in [-0.05, 0) is 18.8 Å². The van der Waals surface area contributed by atoms with Gasteiger partial charge < -0.3 is 5.73 Å². The number of nitrogens with two attached hydrogens (primary N) is 2. The van der Waals surface area contributed by atoms with Gasteiger partial charge in [0, 0.05) is 18.5 Å². The van der Waals surface area contributed by atoms with Crippen LogP contribution in [0.25, 0.3) is 0 Å². The number of hydrazine groups is 2. The van der Waals surface area contributed by atoms with Crippen LogP contribution in [0.5, 0.6) is 0 Å². The van der Waals surface area contributed by atoms with Crippen molar-refractivity contribution < 1.29 is 0 Å². The maximum absolute atomic E-state index is 6.05. The third-order valence-electron chi connectivity index (χ3n) is 3.70. The normalized spacial score (nSPS) is 13.3. The third-order valence-corrected chi connectivity index (χ3v) is 3.70. The van der Waals surface area contributed by atoms with E-state index in [2.05, 4.69) is 43.6 Å². The van der Waals surface area contributed by atoms with E-state index in [1.54, 1.807) is 0 Å². The first-order valence-corrected chi connectivity index (χ1v) is 6.91. The van der Waals surface area contributed by atoms with E-state index in [0.717, 1.165) is 31.8 Å². The fraction of sp³-hybridized carbons (Fsp3) is 0.923. The predicted octanol–water partition coefficient (Wildman–Crippen LogP) is 1.55. The first-order valence-electron chi connectivity index (χ1n) is 6.91. The summed E-state index contributed by atoms with van der Waals surface area (Å²) in [6.45, 7) is 10.4. The maximum atomic E-state index is 6.05. The molecular weight excluding hydrogens is 226 g/mol. The van der Waals surface area contributed by atoms with E-state index >= 15 is 0 Å². The van der Waals surface area contributed by atoms with Crippen molar-refractivity contribution in [1.29, 1.82) is 0 Å². The Morgan fingerprint density at radius 3 is 2.33 bits per heavy atom. The average Bonchev–Trinajstić information content (AvgIpc) is 2.32. The van der Waals surface area contributed by atoms with Gasteiger partial charge in [0.1, 0.15) is 0 Å². The number of unbranched alkanes of at least 4 members (excludes halogenated alkanes) is 3. The van der Waals surface area contributed by atoms with Gasteiger partial charge in [-0.3, -0.25) is 10.8 Å². The Labute approximate surface area is 112 Å². The quantitative estimate of drug-likeness (QED) is 0.157. The molecular formula is C13H31N5. The molecule has 0 rings (SSSR count). The molecule has 0 aliphatic rings. The Morgan fingerprint density at radius 2 is 1.78 bits per heavy atom. The van der Waals surface area contributed by atoms with Gasteiger partial charge in [0.15, 0.2) is 0 Å². The third kappa shape index (κ3) is 6.93. The first-order chi connectivity index (χ1) is 8.42. The molecule has 0 saturated heterocycles. The molecule has 18 heavy (non-hydrogen) atoms. The molecule has 0 spiro atoms. The van der Waals surface area contributed by atoms with Crippen LogP contribution in [0.15, 0.2) is 4.99 Å². The van der Waals surface area contributed by atoms with Crippen molar-refractivity contribution in [3.63, 3.8) is 0 Å². The number of nitrogens with zero attached hydrogens (tertiary/aromatic N) is 1. The molecule has 0 heterocycles. The highest BCUT2D eigenvalue weighted by Crippen LogP contribution is 2.25. The zero-order valence-electron chi connectivity index (χ0n) is 12.4. The van der Waals surface area contributed by atoms with Crippen molar-refractivity contribution >= 4 is 5.84 Å². The van der Waals surface area contributed by atoms with Crippen molar-refractivity contribution in [3.8, 4) is 0 Å². The zero-order valence-corrected chi connectivity index (χ0v) is 12.4. The van der Waals surface area contributed by atoms with Crippen LogP contribution in [0.1, 0.15) is 53.4 Å². The molecule has 0 radical (unpaired) electrons. The van der Waals surface area contributed by atoms with E-state index in [-0.39, 0.29) is 5.41 Å². The summed E-state index contributed by atoms with van der Waals surface area (Å²) in [5.41, 5.74) is 11.3. The second-order valence-corrected chi connectivity index (χ2v) is 5.63. The smallest absolute Gasteiger partial charge is 0.0996 e. The van der Waals surface area contributed by atoms with Crippen LogP contribution >= 0.6 is 0 Å². The Morgan fingerprint density at radius 1 is 1.17 bits per heavy atom. The molecule has 5 nitrogen and oxygen atoms in total. The fourth-order valence-corrected chi connectivity index (χ4v) is 1.45. The number of rotatable bonds is 10. The van der Waals surface area contributed by atoms with Crippen LogP contribution in [0.4, 0.5) is 0 Å². The number of hydrogen-bond acceptors (Lipinski definition) is 4. The largest absolute Gasteiger partial charge is 0.387 e. The number of aliphatic imine (C=N–C) groups is 1. The fourth-order valence-electron chi connectivity index (χ4n) is 1.45. The zero-order chi connectivity index (χ0) is 14.0. The molecule has 6 N–H and O–H groups in total. The van der Waals surface area contributed by atoms with Gasteiger partial charge in [-0.1, -0.05) is 40.5 Å². The molecule has 0 aliphatic heterocycles. The molecule has 0 bridgehead atoms. The second kappa shape index (κ2) is 9.30. The van der Waals surface area contributed by atoms with Crippen LogP contribution in [0.2, 0.25) is 0 Å². The Kier molecular flexibility index (Phi) is 8.97. The second-order valence-electron chi connectivity index (χ2n) is 5.63. The van der Waals surface area contributed by atoms with Crippen LogP contribution < -0.4 is 22.5 Å². The van der Waals surface area contributed by atoms with Gasteiger partial charge in [-0.15, -0.1) is 0 Å². The molecule has 0 amide bonds. The van der Waals surface area contributed by atoms with Crippen molar-refractivity contribution in [3.05, 3.63) is 0 Å². The summed E-state index contributed by atoms with van der Waals surface area (Å²) in [5, 5.41) is 0. The number of amidine groups is 1. The topological polar surface area (TPSA) is 88.5 Å². The summed E-state index contributed by atoms with van der Waals surface area (Å²) >= 11 is 0. The molecule has 0 saturated carbocycles. The van der Waals surface area contributed by atoms with Gasteiger partial charge in [0.05, 0.1) is 5.84 Å². The first kappa shape index (κ1) is 17.4. The van der Waals surface area contributed by atoms with Gasteiger partial charge in [0.25, 0.3) is 0 Å². The minimum atomic E-state index is -0.00326. The van der Waals surface area contributed by atoms with E-state index in [0.29, 0.717) is 5.92 Å². The SMILES string of the molecule is CC(C)C(C)(C)C(N)=NCCCCCCNNN. The van der Waals surface area contributed by atoms with Gasteiger partial charge in [-0.25, -0.2) is 5.43 Å². The molecule has 0 aromatic carbocycles. The highest BCUT2D eigenvalue weighted by molar-refractivity contribution is 5.86. The van der Waals surface area contributed by atoms with E-state index in [9.17, 15) is 0 Å². The van der Waals surface area contributed by atoms with Gasteiger partial charge in [-0.2, -0.15) is 5.53 Å². The van der Waals surface area contributed by atoms with E-state index < -0.39 is 0 Å². The van der Waals surface area contributed by atoms with Crippen molar-refractivity contribution in [2.75, 3.05) is 13.1 Å². The van der Waals surface area contributed by atoms with E-state index in [4.69, 9.17) is 11.6 Å². The van der Waals surface area contributed by atoms with E-state index in [1.165, 1.54) is 12.8 Å². The molecule has 0 aromatic heterocycles. The minimum absolute atomic E-state index is 0.00326. The van der Waals surface area contributed by atoms with Gasteiger partial charge >= 0.3 is 0 Å². The van der Waals surface area contributed by atoms with Crippen molar-refractivity contribution in [1.82, 2.24) is 11.0 Å². The van der Waals surface area contributed by atoms with Crippen LogP contribution in [-0.2, 0) is 0 Å². The maximum Gasteiger partial charge on any atom is 0.0996 e. The van der Waals surface area contributed by atoms with Gasteiger partial charge in [0.2, 0.25) is 0 Å². The Bertz CT molecular complexity index is 236. The molecule has 5 heteroatoms. The highest BCUT2D eigenvalue weighted by atomic mass is 15.5. The lowest BCUT2D eigenvalue weighted by Gasteiger charge is -2.28. The van der Waals surface area contributed by atoms with Crippen LogP contribution in [0, 0.1) is 11.3 Å². The summed E-state index contributed by atoms with van der Waals surface area (Å²) in [6, 6.07) is 0. The molecule has 0 aromatic rings. The van der Waals surface area contributed by atoms with Crippen molar-refractivity contribution in [2.45, 2.75) is 53.4 Å². The Balaban J connectivity index is 3.69. The standard InChI is InChI=1S/C13H31N5/c1-11(2)13(3,4)12(14)16-9-7-5-6-8-10-17-18-15/h11,17-18H,5-10,15H2,1-4H3,(H2,14,16). The minimum Gasteiger partial charge on any atom is -0.387 e. The molecule has 108 valence electrons. The summed E-state index contributed by atoms with van der Waals surface area (Å²) in [6.07, 6.45) is 4.61. The Hall–Kier alpha value is -0.650. The summed E-state index contributed by atoms with van der Waals surface area (Å²) in [7, 11) is 0. The summed E-state index contributed by atoms with van der Waals surface area (Å²) in [4.78, 5) is 4.50. The average molecular weight is 257 g/mol. The monoisotopic (exact) mass is 257 g/mol. The lowest BCUT2D eigenvalue weighted by Crippen LogP contribution is -2.38. The summed E-state index contributed by atoms with van der Waals surface area (Å²) in [5.74, 6) is 6.39. The lowest BCUT2D eigenvalue weighted by atomic mass is 9.80. The molecule has 0 aliphatic carbocycles. The summed E-state index contributed by atoms with van der Waals surface area (Å²) < 4.78 is 0. The van der Waals surface area contributed by atoms with Crippen LogP contribution in [0.3, 0.4) is 0 Å². The lowest BCUT2D eigenvalue weighted by molar-refractivity contribution is 0.360. The number of nitrogens with one attached hydrogen (secondary N) is 2. The highest BCUT2D eigenvalue weighted by Gasteiger charge is 2.26.